The summed E-state index contributed by atoms with van der Waals surface area (Å²) in [6.07, 6.45) is 0. The van der Waals surface area contributed by atoms with Gasteiger partial charge in [0.25, 0.3) is 11.7 Å². The molecular formula is C25H20FNO4. The third-order valence-corrected chi connectivity index (χ3v) is 5.40. The van der Waals surface area contributed by atoms with Gasteiger partial charge in [0.2, 0.25) is 0 Å². The summed E-state index contributed by atoms with van der Waals surface area (Å²) in [6.45, 7) is 3.72. The lowest BCUT2D eigenvalue weighted by molar-refractivity contribution is -0.132. The zero-order valence-electron chi connectivity index (χ0n) is 17.0. The second kappa shape index (κ2) is 7.72. The molecule has 3 aromatic rings. The van der Waals surface area contributed by atoms with Gasteiger partial charge >= 0.3 is 0 Å². The van der Waals surface area contributed by atoms with Gasteiger partial charge in [-0.25, -0.2) is 4.39 Å². The number of phenols is 1. The van der Waals surface area contributed by atoms with Crippen molar-refractivity contribution in [1.29, 1.82) is 0 Å². The number of rotatable bonds is 3. The minimum atomic E-state index is -0.911. The number of hydrogen-bond acceptors (Lipinski definition) is 4. The number of aliphatic hydroxyl groups excluding tert-OH is 1. The molecule has 1 unspecified atom stereocenters. The van der Waals surface area contributed by atoms with Crippen molar-refractivity contribution >= 4 is 23.1 Å². The van der Waals surface area contributed by atoms with Crippen molar-refractivity contribution in [3.63, 3.8) is 0 Å². The van der Waals surface area contributed by atoms with E-state index in [0.29, 0.717) is 11.3 Å². The molecule has 1 heterocycles. The highest BCUT2D eigenvalue weighted by Crippen LogP contribution is 2.43. The first-order chi connectivity index (χ1) is 14.8. The SMILES string of the molecule is Cc1ccc(C)c(N2C(=O)C(=O)/C(=C(/O)c3ccc(F)cc3)C2c2ccc(O)cc2)c1. The van der Waals surface area contributed by atoms with E-state index < -0.39 is 23.5 Å². The van der Waals surface area contributed by atoms with Crippen LogP contribution in [0.1, 0.15) is 28.3 Å². The number of anilines is 1. The van der Waals surface area contributed by atoms with Gasteiger partial charge in [-0.2, -0.15) is 0 Å². The minimum Gasteiger partial charge on any atom is -0.508 e. The van der Waals surface area contributed by atoms with Crippen molar-refractivity contribution in [3.8, 4) is 5.75 Å². The van der Waals surface area contributed by atoms with Gasteiger partial charge in [0.1, 0.15) is 17.3 Å². The number of halogens is 1. The van der Waals surface area contributed by atoms with Gasteiger partial charge < -0.3 is 10.2 Å². The van der Waals surface area contributed by atoms with Crippen LogP contribution >= 0.6 is 0 Å². The Kier molecular flexibility index (Phi) is 5.07. The van der Waals surface area contributed by atoms with Gasteiger partial charge in [0.05, 0.1) is 11.6 Å². The van der Waals surface area contributed by atoms with Crippen LogP contribution < -0.4 is 4.90 Å². The molecule has 156 valence electrons. The fourth-order valence-electron chi connectivity index (χ4n) is 3.80. The van der Waals surface area contributed by atoms with Crippen LogP contribution in [0.5, 0.6) is 5.75 Å². The molecular weight excluding hydrogens is 397 g/mol. The third kappa shape index (κ3) is 3.57. The van der Waals surface area contributed by atoms with Gasteiger partial charge in [-0.3, -0.25) is 14.5 Å². The Morgan fingerprint density at radius 3 is 2.23 bits per heavy atom. The summed E-state index contributed by atoms with van der Waals surface area (Å²) in [5.41, 5.74) is 2.93. The molecule has 1 fully saturated rings. The number of Topliss-reactive ketones (excluding diaryl/α,β-unsaturated/α-hetero) is 1. The lowest BCUT2D eigenvalue weighted by Crippen LogP contribution is -2.30. The second-order valence-electron chi connectivity index (χ2n) is 7.56. The van der Waals surface area contributed by atoms with Crippen LogP contribution in [0.15, 0.2) is 72.3 Å². The van der Waals surface area contributed by atoms with Gasteiger partial charge in [0.15, 0.2) is 0 Å². The number of amides is 1. The van der Waals surface area contributed by atoms with E-state index in [2.05, 4.69) is 0 Å². The van der Waals surface area contributed by atoms with E-state index in [1.165, 1.54) is 41.3 Å². The molecule has 1 aliphatic heterocycles. The summed E-state index contributed by atoms with van der Waals surface area (Å²) < 4.78 is 13.4. The lowest BCUT2D eigenvalue weighted by Gasteiger charge is -2.27. The second-order valence-corrected chi connectivity index (χ2v) is 7.56. The molecule has 1 aliphatic rings. The van der Waals surface area contributed by atoms with Gasteiger partial charge in [-0.15, -0.1) is 0 Å². The summed E-state index contributed by atoms with van der Waals surface area (Å²) in [6, 6.07) is 15.8. The van der Waals surface area contributed by atoms with Gasteiger partial charge in [-0.05, 0) is 73.0 Å². The zero-order valence-corrected chi connectivity index (χ0v) is 17.0. The maximum Gasteiger partial charge on any atom is 0.300 e. The van der Waals surface area contributed by atoms with Gasteiger partial charge in [-0.1, -0.05) is 24.3 Å². The topological polar surface area (TPSA) is 77.8 Å². The van der Waals surface area contributed by atoms with Crippen molar-refractivity contribution in [2.75, 3.05) is 4.90 Å². The minimum absolute atomic E-state index is 0.0333. The van der Waals surface area contributed by atoms with Crippen LogP contribution in [0.2, 0.25) is 0 Å². The first-order valence-corrected chi connectivity index (χ1v) is 9.71. The Bertz CT molecular complexity index is 1210. The molecule has 6 heteroatoms. The van der Waals surface area contributed by atoms with E-state index in [1.807, 2.05) is 32.0 Å². The predicted octanol–water partition coefficient (Wildman–Crippen LogP) is 4.77. The Morgan fingerprint density at radius 1 is 0.935 bits per heavy atom. The Morgan fingerprint density at radius 2 is 1.58 bits per heavy atom. The number of ketones is 1. The van der Waals surface area contributed by atoms with Crippen LogP contribution in [-0.2, 0) is 9.59 Å². The van der Waals surface area contributed by atoms with Crippen molar-refractivity contribution in [2.24, 2.45) is 0 Å². The average molecular weight is 417 g/mol. The molecule has 4 rings (SSSR count). The molecule has 31 heavy (non-hydrogen) atoms. The summed E-state index contributed by atoms with van der Waals surface area (Å²) in [7, 11) is 0. The first kappa shape index (κ1) is 20.3. The van der Waals surface area contributed by atoms with E-state index in [0.717, 1.165) is 11.1 Å². The summed E-state index contributed by atoms with van der Waals surface area (Å²) >= 11 is 0. The first-order valence-electron chi connectivity index (χ1n) is 9.71. The maximum absolute atomic E-state index is 13.4. The van der Waals surface area contributed by atoms with Crippen molar-refractivity contribution in [2.45, 2.75) is 19.9 Å². The van der Waals surface area contributed by atoms with E-state index >= 15 is 0 Å². The summed E-state index contributed by atoms with van der Waals surface area (Å²) in [5.74, 6) is -2.44. The normalized spacial score (nSPS) is 17.9. The van der Waals surface area contributed by atoms with E-state index in [9.17, 15) is 24.2 Å². The molecule has 0 aromatic heterocycles. The monoisotopic (exact) mass is 417 g/mol. The number of carbonyl (C=O) groups excluding carboxylic acids is 2. The molecule has 0 radical (unpaired) electrons. The zero-order chi connectivity index (χ0) is 22.3. The number of aromatic hydroxyl groups is 1. The quantitative estimate of drug-likeness (QED) is 0.365. The summed E-state index contributed by atoms with van der Waals surface area (Å²) in [5, 5.41) is 20.7. The highest BCUT2D eigenvalue weighted by atomic mass is 19.1. The predicted molar refractivity (Wildman–Crippen MR) is 115 cm³/mol. The fourth-order valence-corrected chi connectivity index (χ4v) is 3.80. The largest absolute Gasteiger partial charge is 0.508 e. The molecule has 2 N–H and O–H groups in total. The number of phenolic OH excluding ortho intramolecular Hbond substituents is 1. The Balaban J connectivity index is 1.97. The molecule has 1 amide bonds. The number of carbonyl (C=O) groups is 2. The molecule has 3 aromatic carbocycles. The van der Waals surface area contributed by atoms with Crippen LogP contribution in [0.4, 0.5) is 10.1 Å². The summed E-state index contributed by atoms with van der Waals surface area (Å²) in [4.78, 5) is 27.6. The van der Waals surface area contributed by atoms with E-state index in [1.54, 1.807) is 12.1 Å². The fraction of sp³-hybridized carbons (Fsp3) is 0.120. The maximum atomic E-state index is 13.4. The molecule has 1 atom stereocenters. The van der Waals surface area contributed by atoms with Crippen LogP contribution in [0.3, 0.4) is 0 Å². The Labute approximate surface area is 178 Å². The van der Waals surface area contributed by atoms with Crippen molar-refractivity contribution < 1.29 is 24.2 Å². The van der Waals surface area contributed by atoms with Crippen molar-refractivity contribution in [1.82, 2.24) is 0 Å². The molecule has 0 aliphatic carbocycles. The van der Waals surface area contributed by atoms with Crippen molar-refractivity contribution in [3.05, 3.63) is 100 Å². The molecule has 0 spiro atoms. The van der Waals surface area contributed by atoms with Crippen LogP contribution in [0, 0.1) is 19.7 Å². The van der Waals surface area contributed by atoms with Crippen LogP contribution in [-0.4, -0.2) is 21.9 Å². The van der Waals surface area contributed by atoms with Gasteiger partial charge in [0, 0.05) is 11.3 Å². The Hall–Kier alpha value is -3.93. The number of aliphatic hydroxyl groups is 1. The molecule has 5 nitrogen and oxygen atoms in total. The van der Waals surface area contributed by atoms with E-state index in [4.69, 9.17) is 0 Å². The third-order valence-electron chi connectivity index (χ3n) is 5.40. The lowest BCUT2D eigenvalue weighted by atomic mass is 9.94. The number of benzene rings is 3. The molecule has 0 bridgehead atoms. The standard InChI is InChI=1S/C25H20FNO4/c1-14-3-4-15(2)20(13-14)27-22(16-7-11-19(28)12-8-16)21(24(30)25(27)31)23(29)17-5-9-18(26)10-6-17/h3-13,22,28-29H,1-2H3/b23-21+. The highest BCUT2D eigenvalue weighted by Gasteiger charge is 2.47. The molecule has 0 saturated carbocycles. The number of aryl methyl sites for hydroxylation is 2. The smallest absolute Gasteiger partial charge is 0.300 e. The molecule has 1 saturated heterocycles. The number of nitrogens with zero attached hydrogens (tertiary/aromatic N) is 1. The number of hydrogen-bond donors (Lipinski definition) is 2. The van der Waals surface area contributed by atoms with E-state index in [-0.39, 0.29) is 22.6 Å². The van der Waals surface area contributed by atoms with Crippen LogP contribution in [0.25, 0.3) is 5.76 Å². The highest BCUT2D eigenvalue weighted by molar-refractivity contribution is 6.51. The average Bonchev–Trinajstić information content (AvgIpc) is 3.01.